The van der Waals surface area contributed by atoms with Gasteiger partial charge in [-0.2, -0.15) is 0 Å². The Morgan fingerprint density at radius 3 is 2.66 bits per heavy atom. The number of hydrogen-bond acceptors (Lipinski definition) is 8. The van der Waals surface area contributed by atoms with Crippen LogP contribution in [0.3, 0.4) is 0 Å². The second-order valence-corrected chi connectivity index (χ2v) is 8.83. The number of aryl methyl sites for hydroxylation is 1. The Morgan fingerprint density at radius 1 is 1.28 bits per heavy atom. The summed E-state index contributed by atoms with van der Waals surface area (Å²) in [6.07, 6.45) is 0.321. The molecule has 2 aromatic heterocycles. The number of nitrogens with zero attached hydrogens (tertiary/aromatic N) is 3. The summed E-state index contributed by atoms with van der Waals surface area (Å²) in [5, 5.41) is 12.1. The van der Waals surface area contributed by atoms with Gasteiger partial charge in [-0.1, -0.05) is 18.7 Å². The van der Waals surface area contributed by atoms with Crippen LogP contribution in [0.4, 0.5) is 9.39 Å². The maximum atomic E-state index is 13.1. The van der Waals surface area contributed by atoms with Gasteiger partial charge in [-0.25, -0.2) is 9.18 Å². The molecule has 0 aliphatic heterocycles. The van der Waals surface area contributed by atoms with E-state index >= 15 is 0 Å². The minimum absolute atomic E-state index is 0.0825. The van der Waals surface area contributed by atoms with Gasteiger partial charge in [-0.05, 0) is 43.7 Å². The molecule has 0 saturated heterocycles. The number of carbonyl (C=O) groups is 2. The SMILES string of the molecule is CCc1cc(C(=O)OC)c(NC(=O)CSc2nnc(C(C)Oc3ccc(F)cc3)n2C)s1. The van der Waals surface area contributed by atoms with E-state index < -0.39 is 12.1 Å². The normalized spacial score (nSPS) is 11.8. The van der Waals surface area contributed by atoms with Gasteiger partial charge in [0.05, 0.1) is 18.4 Å². The van der Waals surface area contributed by atoms with Gasteiger partial charge in [-0.15, -0.1) is 21.5 Å². The summed E-state index contributed by atoms with van der Waals surface area (Å²) in [5.41, 5.74) is 0.348. The zero-order valence-electron chi connectivity index (χ0n) is 18.0. The molecule has 0 spiro atoms. The van der Waals surface area contributed by atoms with Crippen molar-refractivity contribution in [2.75, 3.05) is 18.2 Å². The molecular formula is C21H23FN4O4S2. The highest BCUT2D eigenvalue weighted by Crippen LogP contribution is 2.30. The summed E-state index contributed by atoms with van der Waals surface area (Å²) in [6.45, 7) is 3.78. The molecular weight excluding hydrogens is 455 g/mol. The molecule has 8 nitrogen and oxygen atoms in total. The van der Waals surface area contributed by atoms with Crippen molar-refractivity contribution in [3.05, 3.63) is 52.4 Å². The molecule has 0 radical (unpaired) electrons. The van der Waals surface area contributed by atoms with Crippen LogP contribution in [0.5, 0.6) is 5.75 Å². The molecule has 0 saturated carbocycles. The number of benzene rings is 1. The molecule has 0 aliphatic carbocycles. The summed E-state index contributed by atoms with van der Waals surface area (Å²) in [5.74, 6) is 0.0593. The average molecular weight is 479 g/mol. The number of hydrogen-bond donors (Lipinski definition) is 1. The van der Waals surface area contributed by atoms with Gasteiger partial charge < -0.3 is 19.4 Å². The van der Waals surface area contributed by atoms with Crippen LogP contribution in [0.25, 0.3) is 0 Å². The quantitative estimate of drug-likeness (QED) is 0.363. The molecule has 1 aromatic carbocycles. The first-order valence-corrected chi connectivity index (χ1v) is 11.6. The minimum Gasteiger partial charge on any atom is -0.483 e. The van der Waals surface area contributed by atoms with Crippen LogP contribution in [0, 0.1) is 5.82 Å². The Hall–Kier alpha value is -2.92. The molecule has 1 atom stereocenters. The standard InChI is InChI=1S/C21H23FN4O4S2/c1-5-15-10-16(20(28)29-4)19(32-15)23-17(27)11-31-21-25-24-18(26(21)3)12(2)30-14-8-6-13(22)7-9-14/h6-10,12H,5,11H2,1-4H3,(H,23,27). The zero-order valence-corrected chi connectivity index (χ0v) is 19.7. The van der Waals surface area contributed by atoms with Crippen molar-refractivity contribution in [3.63, 3.8) is 0 Å². The number of ether oxygens (including phenoxy) is 2. The largest absolute Gasteiger partial charge is 0.483 e. The molecule has 32 heavy (non-hydrogen) atoms. The van der Waals surface area contributed by atoms with Crippen molar-refractivity contribution in [1.29, 1.82) is 0 Å². The number of thiophene rings is 1. The van der Waals surface area contributed by atoms with Crippen LogP contribution in [0.1, 0.15) is 41.0 Å². The van der Waals surface area contributed by atoms with E-state index in [1.165, 1.54) is 42.3 Å². The van der Waals surface area contributed by atoms with Gasteiger partial charge in [0.15, 0.2) is 17.1 Å². The number of thioether (sulfide) groups is 1. The topological polar surface area (TPSA) is 95.3 Å². The lowest BCUT2D eigenvalue weighted by Crippen LogP contribution is -2.16. The average Bonchev–Trinajstić information content (AvgIpc) is 3.36. The fraction of sp³-hybridized carbons (Fsp3) is 0.333. The fourth-order valence-electron chi connectivity index (χ4n) is 2.84. The van der Waals surface area contributed by atoms with Gasteiger partial charge in [0.2, 0.25) is 5.91 Å². The Labute approximate surface area is 193 Å². The van der Waals surface area contributed by atoms with Crippen molar-refractivity contribution in [2.24, 2.45) is 7.05 Å². The molecule has 11 heteroatoms. The van der Waals surface area contributed by atoms with Crippen molar-refractivity contribution in [2.45, 2.75) is 31.5 Å². The lowest BCUT2D eigenvalue weighted by molar-refractivity contribution is -0.113. The molecule has 0 fully saturated rings. The number of methoxy groups -OCH3 is 1. The maximum absolute atomic E-state index is 13.1. The van der Waals surface area contributed by atoms with Crippen LogP contribution in [-0.4, -0.2) is 39.5 Å². The number of carbonyl (C=O) groups excluding carboxylic acids is 2. The smallest absolute Gasteiger partial charge is 0.340 e. The number of esters is 1. The van der Waals surface area contributed by atoms with E-state index in [4.69, 9.17) is 9.47 Å². The van der Waals surface area contributed by atoms with Crippen molar-refractivity contribution >= 4 is 40.0 Å². The predicted octanol–water partition coefficient (Wildman–Crippen LogP) is 4.24. The zero-order chi connectivity index (χ0) is 23.3. The molecule has 1 unspecified atom stereocenters. The number of halogens is 1. The summed E-state index contributed by atoms with van der Waals surface area (Å²) in [4.78, 5) is 25.4. The van der Waals surface area contributed by atoms with Crippen LogP contribution < -0.4 is 10.1 Å². The third-order valence-corrected chi connectivity index (χ3v) is 6.70. The van der Waals surface area contributed by atoms with Crippen molar-refractivity contribution < 1.29 is 23.5 Å². The van der Waals surface area contributed by atoms with Gasteiger partial charge in [0, 0.05) is 11.9 Å². The summed E-state index contributed by atoms with van der Waals surface area (Å²) in [7, 11) is 3.09. The first-order valence-electron chi connectivity index (χ1n) is 9.77. The van der Waals surface area contributed by atoms with Gasteiger partial charge in [0.1, 0.15) is 16.6 Å². The Bertz CT molecular complexity index is 1100. The van der Waals surface area contributed by atoms with Crippen LogP contribution >= 0.6 is 23.1 Å². The third-order valence-electron chi connectivity index (χ3n) is 4.48. The second kappa shape index (κ2) is 10.6. The molecule has 0 bridgehead atoms. The molecule has 0 aliphatic rings. The highest BCUT2D eigenvalue weighted by Gasteiger charge is 2.20. The maximum Gasteiger partial charge on any atom is 0.340 e. The molecule has 2 heterocycles. The van der Waals surface area contributed by atoms with Crippen LogP contribution in [-0.2, 0) is 23.0 Å². The van der Waals surface area contributed by atoms with E-state index in [-0.39, 0.29) is 17.5 Å². The third kappa shape index (κ3) is 5.65. The van der Waals surface area contributed by atoms with Crippen molar-refractivity contribution in [1.82, 2.24) is 14.8 Å². The number of anilines is 1. The Kier molecular flexibility index (Phi) is 7.86. The van der Waals surface area contributed by atoms with Crippen molar-refractivity contribution in [3.8, 4) is 5.75 Å². The molecule has 170 valence electrons. The first-order chi connectivity index (χ1) is 15.3. The number of rotatable bonds is 9. The number of amides is 1. The minimum atomic E-state index is -0.489. The Morgan fingerprint density at radius 2 is 2.00 bits per heavy atom. The number of aromatic nitrogens is 3. The molecule has 3 aromatic rings. The predicted molar refractivity (Wildman–Crippen MR) is 121 cm³/mol. The van der Waals surface area contributed by atoms with E-state index in [1.54, 1.807) is 29.8 Å². The fourth-order valence-corrected chi connectivity index (χ4v) is 4.56. The van der Waals surface area contributed by atoms with E-state index in [9.17, 15) is 14.0 Å². The van der Waals surface area contributed by atoms with Gasteiger partial charge in [0.25, 0.3) is 0 Å². The van der Waals surface area contributed by atoms with Crippen LogP contribution in [0.15, 0.2) is 35.5 Å². The lowest BCUT2D eigenvalue weighted by Gasteiger charge is -2.14. The van der Waals surface area contributed by atoms with E-state index in [0.29, 0.717) is 27.3 Å². The number of nitrogens with one attached hydrogen (secondary N) is 1. The molecule has 1 N–H and O–H groups in total. The van der Waals surface area contributed by atoms with E-state index in [1.807, 2.05) is 13.8 Å². The lowest BCUT2D eigenvalue weighted by atomic mass is 10.2. The summed E-state index contributed by atoms with van der Waals surface area (Å²) < 4.78 is 25.4. The van der Waals surface area contributed by atoms with E-state index in [0.717, 1.165) is 11.3 Å². The first kappa shape index (κ1) is 23.7. The van der Waals surface area contributed by atoms with Crippen LogP contribution in [0.2, 0.25) is 0 Å². The monoisotopic (exact) mass is 478 g/mol. The summed E-state index contributed by atoms with van der Waals surface area (Å²) >= 11 is 2.56. The van der Waals surface area contributed by atoms with Gasteiger partial charge >= 0.3 is 5.97 Å². The second-order valence-electron chi connectivity index (χ2n) is 6.75. The molecule has 1 amide bonds. The van der Waals surface area contributed by atoms with E-state index in [2.05, 4.69) is 15.5 Å². The molecule has 3 rings (SSSR count). The highest BCUT2D eigenvalue weighted by atomic mass is 32.2. The highest BCUT2D eigenvalue weighted by molar-refractivity contribution is 7.99. The Balaban J connectivity index is 1.61. The van der Waals surface area contributed by atoms with Gasteiger partial charge in [-0.3, -0.25) is 4.79 Å². The summed E-state index contributed by atoms with van der Waals surface area (Å²) in [6, 6.07) is 7.46.